The number of hydrogen-bond donors (Lipinski definition) is 1. The summed E-state index contributed by atoms with van der Waals surface area (Å²) in [7, 11) is 0. The quantitative estimate of drug-likeness (QED) is 0.900. The molecule has 0 saturated heterocycles. The average molecular weight is 275 g/mol. The summed E-state index contributed by atoms with van der Waals surface area (Å²) in [5, 5.41) is 0. The van der Waals surface area contributed by atoms with Crippen LogP contribution >= 0.6 is 0 Å². The van der Waals surface area contributed by atoms with E-state index in [1.165, 1.54) is 12.1 Å². The van der Waals surface area contributed by atoms with E-state index in [0.717, 1.165) is 30.8 Å². The molecule has 1 heterocycles. The second kappa shape index (κ2) is 6.07. The summed E-state index contributed by atoms with van der Waals surface area (Å²) in [6.07, 6.45) is 1.89. The first kappa shape index (κ1) is 14.6. The largest absolute Gasteiger partial charge is 0.383 e. The Kier molecular flexibility index (Phi) is 4.42. The molecule has 0 spiro atoms. The molecule has 0 aliphatic heterocycles. The zero-order valence-electron chi connectivity index (χ0n) is 12.4. The number of anilines is 1. The van der Waals surface area contributed by atoms with Crippen LogP contribution in [0, 0.1) is 11.7 Å². The van der Waals surface area contributed by atoms with Crippen LogP contribution in [0.5, 0.6) is 0 Å². The number of imidazole rings is 1. The molecule has 3 nitrogen and oxygen atoms in total. The minimum Gasteiger partial charge on any atom is -0.383 e. The number of hydrogen-bond acceptors (Lipinski definition) is 2. The topological polar surface area (TPSA) is 43.8 Å². The fourth-order valence-corrected chi connectivity index (χ4v) is 2.35. The van der Waals surface area contributed by atoms with Crippen molar-refractivity contribution in [3.63, 3.8) is 0 Å². The SMILES string of the molecule is CCCc1nc(-c2cccc(F)c2)c(N)n1CC(C)C. The molecule has 108 valence electrons. The zero-order valence-corrected chi connectivity index (χ0v) is 12.4. The molecule has 0 unspecified atom stereocenters. The molecule has 20 heavy (non-hydrogen) atoms. The Bertz CT molecular complexity index is 587. The Morgan fingerprint density at radius 2 is 2.10 bits per heavy atom. The molecule has 0 atom stereocenters. The van der Waals surface area contributed by atoms with E-state index < -0.39 is 0 Å². The molecule has 4 heteroatoms. The smallest absolute Gasteiger partial charge is 0.131 e. The predicted molar refractivity (Wildman–Crippen MR) is 80.9 cm³/mol. The lowest BCUT2D eigenvalue weighted by Gasteiger charge is -2.11. The van der Waals surface area contributed by atoms with Crippen LogP contribution in [0.2, 0.25) is 0 Å². The van der Waals surface area contributed by atoms with Crippen LogP contribution in [-0.2, 0) is 13.0 Å². The van der Waals surface area contributed by atoms with E-state index in [1.807, 2.05) is 6.07 Å². The van der Waals surface area contributed by atoms with Crippen molar-refractivity contribution in [1.29, 1.82) is 0 Å². The Morgan fingerprint density at radius 1 is 1.35 bits per heavy atom. The van der Waals surface area contributed by atoms with Gasteiger partial charge in [-0.15, -0.1) is 0 Å². The molecule has 0 fully saturated rings. The number of nitrogens with zero attached hydrogens (tertiary/aromatic N) is 2. The molecule has 2 rings (SSSR count). The van der Waals surface area contributed by atoms with Crippen LogP contribution in [-0.4, -0.2) is 9.55 Å². The van der Waals surface area contributed by atoms with Crippen molar-refractivity contribution in [2.45, 2.75) is 40.2 Å². The molecule has 0 aliphatic rings. The van der Waals surface area contributed by atoms with Gasteiger partial charge in [0.1, 0.15) is 23.2 Å². The van der Waals surface area contributed by atoms with Crippen molar-refractivity contribution in [1.82, 2.24) is 9.55 Å². The lowest BCUT2D eigenvalue weighted by Crippen LogP contribution is -2.11. The summed E-state index contributed by atoms with van der Waals surface area (Å²) in [4.78, 5) is 4.64. The van der Waals surface area contributed by atoms with Gasteiger partial charge in [0.2, 0.25) is 0 Å². The van der Waals surface area contributed by atoms with Gasteiger partial charge in [-0.1, -0.05) is 32.9 Å². The van der Waals surface area contributed by atoms with Crippen LogP contribution in [0.25, 0.3) is 11.3 Å². The van der Waals surface area contributed by atoms with Gasteiger partial charge in [0.25, 0.3) is 0 Å². The molecular weight excluding hydrogens is 253 g/mol. The zero-order chi connectivity index (χ0) is 14.7. The van der Waals surface area contributed by atoms with Gasteiger partial charge < -0.3 is 10.3 Å². The Balaban J connectivity index is 2.49. The number of nitrogens with two attached hydrogens (primary N) is 1. The summed E-state index contributed by atoms with van der Waals surface area (Å²) >= 11 is 0. The predicted octanol–water partition coefficient (Wildman–Crippen LogP) is 3.88. The van der Waals surface area contributed by atoms with Gasteiger partial charge in [0.05, 0.1) is 0 Å². The van der Waals surface area contributed by atoms with Crippen molar-refractivity contribution in [3.05, 3.63) is 35.9 Å². The third-order valence-corrected chi connectivity index (χ3v) is 3.21. The third-order valence-electron chi connectivity index (χ3n) is 3.21. The molecule has 0 amide bonds. The van der Waals surface area contributed by atoms with E-state index in [9.17, 15) is 4.39 Å². The first-order chi connectivity index (χ1) is 9.52. The maximum atomic E-state index is 13.4. The van der Waals surface area contributed by atoms with Gasteiger partial charge in [-0.25, -0.2) is 9.37 Å². The van der Waals surface area contributed by atoms with Crippen LogP contribution in [0.3, 0.4) is 0 Å². The van der Waals surface area contributed by atoms with Gasteiger partial charge in [-0.2, -0.15) is 0 Å². The molecule has 0 radical (unpaired) electrons. The summed E-state index contributed by atoms with van der Waals surface area (Å²) in [6.45, 7) is 7.25. The monoisotopic (exact) mass is 275 g/mol. The van der Waals surface area contributed by atoms with E-state index in [0.29, 0.717) is 17.4 Å². The number of halogens is 1. The highest BCUT2D eigenvalue weighted by Gasteiger charge is 2.16. The van der Waals surface area contributed by atoms with E-state index in [4.69, 9.17) is 5.73 Å². The van der Waals surface area contributed by atoms with Crippen molar-refractivity contribution < 1.29 is 4.39 Å². The second-order valence-corrected chi connectivity index (χ2v) is 5.53. The van der Waals surface area contributed by atoms with E-state index in [2.05, 4.69) is 30.3 Å². The highest BCUT2D eigenvalue weighted by Crippen LogP contribution is 2.28. The van der Waals surface area contributed by atoms with Gasteiger partial charge in [0.15, 0.2) is 0 Å². The van der Waals surface area contributed by atoms with Crippen molar-refractivity contribution >= 4 is 5.82 Å². The maximum absolute atomic E-state index is 13.4. The fraction of sp³-hybridized carbons (Fsp3) is 0.438. The Hall–Kier alpha value is -1.84. The Labute approximate surface area is 119 Å². The molecule has 1 aromatic heterocycles. The van der Waals surface area contributed by atoms with Crippen molar-refractivity contribution in [3.8, 4) is 11.3 Å². The lowest BCUT2D eigenvalue weighted by molar-refractivity contribution is 0.510. The molecule has 0 bridgehead atoms. The highest BCUT2D eigenvalue weighted by molar-refractivity contribution is 5.71. The van der Waals surface area contributed by atoms with Crippen LogP contribution in [0.1, 0.15) is 33.0 Å². The van der Waals surface area contributed by atoms with Crippen LogP contribution in [0.15, 0.2) is 24.3 Å². The molecule has 0 saturated carbocycles. The summed E-state index contributed by atoms with van der Waals surface area (Å²) in [5.74, 6) is 1.84. The van der Waals surface area contributed by atoms with Crippen LogP contribution < -0.4 is 5.73 Å². The molecule has 2 N–H and O–H groups in total. The average Bonchev–Trinajstić information content (AvgIpc) is 2.68. The summed E-state index contributed by atoms with van der Waals surface area (Å²) < 4.78 is 15.4. The van der Waals surface area contributed by atoms with E-state index in [1.54, 1.807) is 6.07 Å². The minimum atomic E-state index is -0.266. The molecular formula is C16H22FN3. The van der Waals surface area contributed by atoms with Gasteiger partial charge in [-0.3, -0.25) is 0 Å². The first-order valence-corrected chi connectivity index (χ1v) is 7.13. The van der Waals surface area contributed by atoms with Crippen molar-refractivity contribution in [2.75, 3.05) is 5.73 Å². The number of aryl methyl sites for hydroxylation is 1. The number of nitrogen functional groups attached to an aromatic ring is 1. The number of aromatic nitrogens is 2. The minimum absolute atomic E-state index is 0.266. The fourth-order valence-electron chi connectivity index (χ4n) is 2.35. The summed E-state index contributed by atoms with van der Waals surface area (Å²) in [5.41, 5.74) is 7.67. The first-order valence-electron chi connectivity index (χ1n) is 7.13. The second-order valence-electron chi connectivity index (χ2n) is 5.53. The number of benzene rings is 1. The third kappa shape index (κ3) is 3.00. The van der Waals surface area contributed by atoms with Gasteiger partial charge in [0, 0.05) is 18.5 Å². The van der Waals surface area contributed by atoms with Gasteiger partial charge in [-0.05, 0) is 24.5 Å². The standard InChI is InChI=1S/C16H22FN3/c1-4-6-14-19-15(12-7-5-8-13(17)9-12)16(18)20(14)10-11(2)3/h5,7-9,11H,4,6,10,18H2,1-3H3. The normalized spacial score (nSPS) is 11.2. The summed E-state index contributed by atoms with van der Waals surface area (Å²) in [6, 6.07) is 6.44. The molecule has 2 aromatic rings. The van der Waals surface area contributed by atoms with Gasteiger partial charge >= 0.3 is 0 Å². The van der Waals surface area contributed by atoms with Crippen molar-refractivity contribution in [2.24, 2.45) is 5.92 Å². The van der Waals surface area contributed by atoms with E-state index >= 15 is 0 Å². The van der Waals surface area contributed by atoms with E-state index in [-0.39, 0.29) is 5.82 Å². The number of rotatable bonds is 5. The maximum Gasteiger partial charge on any atom is 0.131 e. The lowest BCUT2D eigenvalue weighted by atomic mass is 10.1. The molecule has 1 aromatic carbocycles. The highest BCUT2D eigenvalue weighted by atomic mass is 19.1. The Morgan fingerprint density at radius 3 is 2.70 bits per heavy atom. The molecule has 0 aliphatic carbocycles. The van der Waals surface area contributed by atoms with Crippen LogP contribution in [0.4, 0.5) is 10.2 Å².